The number of aromatic carboxylic acids is 1. The van der Waals surface area contributed by atoms with Crippen molar-refractivity contribution in [2.24, 2.45) is 0 Å². The Morgan fingerprint density at radius 3 is 2.59 bits per heavy atom. The van der Waals surface area contributed by atoms with Crippen molar-refractivity contribution < 1.29 is 14.6 Å². The molecule has 1 heterocycles. The third kappa shape index (κ3) is 2.82. The molecule has 0 saturated carbocycles. The molecule has 0 amide bonds. The highest BCUT2D eigenvalue weighted by atomic mass is 79.9. The van der Waals surface area contributed by atoms with Gasteiger partial charge in [0.1, 0.15) is 5.75 Å². The zero-order valence-corrected chi connectivity index (χ0v) is 10.2. The molecule has 0 aliphatic heterocycles. The zero-order valence-electron chi connectivity index (χ0n) is 8.63. The molecule has 5 heteroatoms. The van der Waals surface area contributed by atoms with Gasteiger partial charge in [0.05, 0.1) is 10.0 Å². The van der Waals surface area contributed by atoms with Gasteiger partial charge in [-0.3, -0.25) is 0 Å². The smallest absolute Gasteiger partial charge is 0.337 e. The summed E-state index contributed by atoms with van der Waals surface area (Å²) in [7, 11) is 0. The predicted molar refractivity (Wildman–Crippen MR) is 65.4 cm³/mol. The fraction of sp³-hybridized carbons (Fsp3) is 0. The Hall–Kier alpha value is -1.88. The van der Waals surface area contributed by atoms with E-state index >= 15 is 0 Å². The van der Waals surface area contributed by atoms with Gasteiger partial charge in [-0.15, -0.1) is 0 Å². The SMILES string of the molecule is O=C(O)c1cnc(Oc2ccccc2)c(Br)c1. The predicted octanol–water partition coefficient (Wildman–Crippen LogP) is 3.33. The van der Waals surface area contributed by atoms with E-state index in [2.05, 4.69) is 20.9 Å². The summed E-state index contributed by atoms with van der Waals surface area (Å²) in [6, 6.07) is 10.6. The molecule has 86 valence electrons. The maximum atomic E-state index is 10.7. The van der Waals surface area contributed by atoms with Crippen LogP contribution in [0.2, 0.25) is 0 Å². The van der Waals surface area contributed by atoms with E-state index in [0.717, 1.165) is 0 Å². The minimum absolute atomic E-state index is 0.109. The van der Waals surface area contributed by atoms with Gasteiger partial charge in [0.15, 0.2) is 0 Å². The number of nitrogens with zero attached hydrogens (tertiary/aromatic N) is 1. The van der Waals surface area contributed by atoms with Gasteiger partial charge >= 0.3 is 5.97 Å². The molecule has 1 aromatic heterocycles. The molecule has 0 bridgehead atoms. The molecule has 2 aromatic rings. The van der Waals surface area contributed by atoms with E-state index < -0.39 is 5.97 Å². The van der Waals surface area contributed by atoms with E-state index in [1.807, 2.05) is 18.2 Å². The molecule has 0 aliphatic carbocycles. The molecule has 1 aromatic carbocycles. The fourth-order valence-electron chi connectivity index (χ4n) is 1.22. The molecule has 0 spiro atoms. The lowest BCUT2D eigenvalue weighted by atomic mass is 10.3. The van der Waals surface area contributed by atoms with Crippen molar-refractivity contribution in [2.75, 3.05) is 0 Å². The van der Waals surface area contributed by atoms with Crippen LogP contribution in [0.1, 0.15) is 10.4 Å². The number of benzene rings is 1. The summed E-state index contributed by atoms with van der Waals surface area (Å²) in [5.74, 6) is -0.0468. The number of ether oxygens (including phenoxy) is 1. The first kappa shape index (κ1) is 11.6. The first-order valence-electron chi connectivity index (χ1n) is 4.78. The summed E-state index contributed by atoms with van der Waals surface area (Å²) in [5, 5.41) is 8.79. The summed E-state index contributed by atoms with van der Waals surface area (Å²) >= 11 is 3.22. The van der Waals surface area contributed by atoms with Gasteiger partial charge < -0.3 is 9.84 Å². The van der Waals surface area contributed by atoms with Crippen LogP contribution >= 0.6 is 15.9 Å². The van der Waals surface area contributed by atoms with Crippen molar-refractivity contribution in [3.8, 4) is 11.6 Å². The Morgan fingerprint density at radius 1 is 1.29 bits per heavy atom. The minimum Gasteiger partial charge on any atom is -0.478 e. The molecule has 0 unspecified atom stereocenters. The van der Waals surface area contributed by atoms with E-state index in [0.29, 0.717) is 16.1 Å². The third-order valence-electron chi connectivity index (χ3n) is 2.01. The molecule has 0 atom stereocenters. The second-order valence-corrected chi connectivity index (χ2v) is 4.09. The normalized spacial score (nSPS) is 9.94. The van der Waals surface area contributed by atoms with Crippen molar-refractivity contribution in [3.05, 3.63) is 52.6 Å². The number of halogens is 1. The molecular weight excluding hydrogens is 286 g/mol. The highest BCUT2D eigenvalue weighted by molar-refractivity contribution is 9.10. The van der Waals surface area contributed by atoms with Gasteiger partial charge in [0, 0.05) is 6.20 Å². The molecule has 0 radical (unpaired) electrons. The Balaban J connectivity index is 2.26. The Morgan fingerprint density at radius 2 is 2.00 bits per heavy atom. The van der Waals surface area contributed by atoms with E-state index in [9.17, 15) is 4.79 Å². The van der Waals surface area contributed by atoms with Crippen LogP contribution in [0.4, 0.5) is 0 Å². The van der Waals surface area contributed by atoms with Crippen LogP contribution < -0.4 is 4.74 Å². The minimum atomic E-state index is -1.02. The molecule has 17 heavy (non-hydrogen) atoms. The highest BCUT2D eigenvalue weighted by Gasteiger charge is 2.09. The first-order valence-corrected chi connectivity index (χ1v) is 5.58. The van der Waals surface area contributed by atoms with Crippen molar-refractivity contribution in [1.82, 2.24) is 4.98 Å². The van der Waals surface area contributed by atoms with Crippen molar-refractivity contribution in [1.29, 1.82) is 0 Å². The molecule has 0 aliphatic rings. The number of hydrogen-bond acceptors (Lipinski definition) is 3. The van der Waals surface area contributed by atoms with E-state index in [4.69, 9.17) is 9.84 Å². The van der Waals surface area contributed by atoms with Gasteiger partial charge in [0.25, 0.3) is 0 Å². The van der Waals surface area contributed by atoms with Crippen LogP contribution in [-0.2, 0) is 0 Å². The van der Waals surface area contributed by atoms with Crippen LogP contribution in [0, 0.1) is 0 Å². The average molecular weight is 294 g/mol. The van der Waals surface area contributed by atoms with Crippen molar-refractivity contribution in [3.63, 3.8) is 0 Å². The van der Waals surface area contributed by atoms with Crippen LogP contribution in [0.25, 0.3) is 0 Å². The van der Waals surface area contributed by atoms with Gasteiger partial charge in [-0.2, -0.15) is 0 Å². The highest BCUT2D eigenvalue weighted by Crippen LogP contribution is 2.27. The average Bonchev–Trinajstić information content (AvgIpc) is 2.33. The second-order valence-electron chi connectivity index (χ2n) is 3.23. The number of carboxylic acids is 1. The molecule has 1 N–H and O–H groups in total. The molecule has 0 fully saturated rings. The summed E-state index contributed by atoms with van der Waals surface area (Å²) in [6.07, 6.45) is 1.26. The lowest BCUT2D eigenvalue weighted by Gasteiger charge is -2.06. The number of rotatable bonds is 3. The number of aromatic nitrogens is 1. The van der Waals surface area contributed by atoms with E-state index in [-0.39, 0.29) is 5.56 Å². The van der Waals surface area contributed by atoms with Crippen LogP contribution in [0.3, 0.4) is 0 Å². The lowest BCUT2D eigenvalue weighted by Crippen LogP contribution is -1.98. The van der Waals surface area contributed by atoms with E-state index in [1.54, 1.807) is 12.1 Å². The summed E-state index contributed by atoms with van der Waals surface area (Å²) in [5.41, 5.74) is 0.109. The van der Waals surface area contributed by atoms with Gasteiger partial charge in [0.2, 0.25) is 5.88 Å². The summed E-state index contributed by atoms with van der Waals surface area (Å²) in [6.45, 7) is 0. The Bertz CT molecular complexity index is 543. The number of pyridine rings is 1. The van der Waals surface area contributed by atoms with Crippen molar-refractivity contribution in [2.45, 2.75) is 0 Å². The van der Waals surface area contributed by atoms with Crippen molar-refractivity contribution >= 4 is 21.9 Å². The molecule has 0 saturated heterocycles. The van der Waals surface area contributed by atoms with Crippen LogP contribution in [0.15, 0.2) is 47.1 Å². The largest absolute Gasteiger partial charge is 0.478 e. The molecule has 4 nitrogen and oxygen atoms in total. The Kier molecular flexibility index (Phi) is 3.39. The lowest BCUT2D eigenvalue weighted by molar-refractivity contribution is 0.0696. The van der Waals surface area contributed by atoms with Gasteiger partial charge in [-0.25, -0.2) is 9.78 Å². The number of para-hydroxylation sites is 1. The summed E-state index contributed by atoms with van der Waals surface area (Å²) in [4.78, 5) is 14.7. The van der Waals surface area contributed by atoms with Crippen LogP contribution in [-0.4, -0.2) is 16.1 Å². The summed E-state index contributed by atoms with van der Waals surface area (Å²) < 4.78 is 5.99. The quantitative estimate of drug-likeness (QED) is 0.943. The Labute approximate surface area is 106 Å². The third-order valence-corrected chi connectivity index (χ3v) is 2.58. The van der Waals surface area contributed by atoms with Gasteiger partial charge in [-0.05, 0) is 34.1 Å². The topological polar surface area (TPSA) is 59.4 Å². The molecule has 2 rings (SSSR count). The standard InChI is InChI=1S/C12H8BrNO3/c13-10-6-8(12(15)16)7-14-11(10)17-9-4-2-1-3-5-9/h1-7H,(H,15,16). The number of hydrogen-bond donors (Lipinski definition) is 1. The first-order chi connectivity index (χ1) is 8.16. The van der Waals surface area contributed by atoms with Crippen LogP contribution in [0.5, 0.6) is 11.6 Å². The maximum Gasteiger partial charge on any atom is 0.337 e. The fourth-order valence-corrected chi connectivity index (χ4v) is 1.65. The molecular formula is C12H8BrNO3. The zero-order chi connectivity index (χ0) is 12.3. The monoisotopic (exact) mass is 293 g/mol. The maximum absolute atomic E-state index is 10.7. The van der Waals surface area contributed by atoms with Gasteiger partial charge in [-0.1, -0.05) is 18.2 Å². The second kappa shape index (κ2) is 4.97. The number of carboxylic acid groups (broad SMARTS) is 1. The number of carbonyl (C=O) groups is 1. The van der Waals surface area contributed by atoms with E-state index in [1.165, 1.54) is 12.3 Å².